The first-order valence-electron chi connectivity index (χ1n) is 8.65. The highest BCUT2D eigenvalue weighted by Crippen LogP contribution is 2.24. The van der Waals surface area contributed by atoms with Crippen LogP contribution in [0.3, 0.4) is 0 Å². The van der Waals surface area contributed by atoms with Crippen molar-refractivity contribution in [3.05, 3.63) is 29.8 Å². The van der Waals surface area contributed by atoms with Gasteiger partial charge in [0.05, 0.1) is 12.5 Å². The molecule has 1 aliphatic rings. The first-order chi connectivity index (χ1) is 11.4. The fraction of sp³-hybridized carbons (Fsp3) is 0.579. The fourth-order valence-electron chi connectivity index (χ4n) is 2.86. The Kier molecular flexibility index (Phi) is 6.23. The predicted molar refractivity (Wildman–Crippen MR) is 92.3 cm³/mol. The van der Waals surface area contributed by atoms with Crippen LogP contribution in [0.25, 0.3) is 0 Å². The molecular formula is C19H27NO4. The van der Waals surface area contributed by atoms with E-state index in [0.29, 0.717) is 24.5 Å². The molecule has 0 radical (unpaired) electrons. The van der Waals surface area contributed by atoms with Gasteiger partial charge in [0, 0.05) is 18.2 Å². The summed E-state index contributed by atoms with van der Waals surface area (Å²) >= 11 is 0. The maximum Gasteiger partial charge on any atom is 0.308 e. The molecule has 1 aromatic rings. The lowest BCUT2D eigenvalue weighted by Crippen LogP contribution is -2.47. The second-order valence-corrected chi connectivity index (χ2v) is 6.97. The van der Waals surface area contributed by atoms with E-state index >= 15 is 0 Å². The van der Waals surface area contributed by atoms with Crippen LogP contribution < -0.4 is 4.74 Å². The van der Waals surface area contributed by atoms with Gasteiger partial charge in [-0.05, 0) is 56.4 Å². The predicted octanol–water partition coefficient (Wildman–Crippen LogP) is 3.44. The zero-order valence-corrected chi connectivity index (χ0v) is 14.7. The van der Waals surface area contributed by atoms with Crippen LogP contribution in [0.15, 0.2) is 24.3 Å². The monoisotopic (exact) mass is 333 g/mol. The molecule has 0 aromatic heterocycles. The lowest BCUT2D eigenvalue weighted by atomic mass is 9.93. The zero-order valence-electron chi connectivity index (χ0n) is 14.7. The summed E-state index contributed by atoms with van der Waals surface area (Å²) < 4.78 is 5.66. The average Bonchev–Trinajstić information content (AvgIpc) is 2.54. The molecule has 1 fully saturated rings. The Labute approximate surface area is 143 Å². The molecule has 0 saturated carbocycles. The minimum absolute atomic E-state index is 0.0649. The molecule has 2 atom stereocenters. The molecule has 1 heterocycles. The van der Waals surface area contributed by atoms with Crippen molar-refractivity contribution in [1.82, 2.24) is 4.90 Å². The summed E-state index contributed by atoms with van der Waals surface area (Å²) in [5.41, 5.74) is 0.573. The lowest BCUT2D eigenvalue weighted by Gasteiger charge is -2.36. The number of aliphatic carboxylic acids is 1. The van der Waals surface area contributed by atoms with E-state index in [1.165, 1.54) is 0 Å². The van der Waals surface area contributed by atoms with Gasteiger partial charge in [-0.25, -0.2) is 0 Å². The van der Waals surface area contributed by atoms with Crippen molar-refractivity contribution in [2.24, 2.45) is 11.8 Å². The highest BCUT2D eigenvalue weighted by molar-refractivity contribution is 5.95. The van der Waals surface area contributed by atoms with Gasteiger partial charge in [0.2, 0.25) is 0 Å². The van der Waals surface area contributed by atoms with Gasteiger partial charge in [0.1, 0.15) is 5.75 Å². The minimum Gasteiger partial charge on any atom is -0.494 e. The Morgan fingerprint density at radius 2 is 1.92 bits per heavy atom. The molecule has 0 spiro atoms. The topological polar surface area (TPSA) is 66.8 Å². The average molecular weight is 333 g/mol. The number of nitrogens with zero attached hydrogens (tertiary/aromatic N) is 1. The largest absolute Gasteiger partial charge is 0.494 e. The van der Waals surface area contributed by atoms with E-state index in [-0.39, 0.29) is 18.5 Å². The van der Waals surface area contributed by atoms with Gasteiger partial charge in [0.15, 0.2) is 0 Å². The number of benzene rings is 1. The number of ether oxygens (including phenoxy) is 1. The third kappa shape index (κ3) is 4.73. The number of piperidine rings is 1. The van der Waals surface area contributed by atoms with E-state index in [4.69, 9.17) is 4.74 Å². The SMILES string of the molecule is CC(C)CCOc1ccc(C(=O)N2CC(C(=O)O)CCC2C)cc1. The molecule has 0 bridgehead atoms. The van der Waals surface area contributed by atoms with Gasteiger partial charge < -0.3 is 14.7 Å². The third-order valence-electron chi connectivity index (χ3n) is 4.56. The van der Waals surface area contributed by atoms with Crippen molar-refractivity contribution >= 4 is 11.9 Å². The van der Waals surface area contributed by atoms with Gasteiger partial charge in [-0.2, -0.15) is 0 Å². The van der Waals surface area contributed by atoms with Crippen molar-refractivity contribution in [3.8, 4) is 5.75 Å². The number of hydrogen-bond donors (Lipinski definition) is 1. The van der Waals surface area contributed by atoms with Crippen LogP contribution in [0.4, 0.5) is 0 Å². The summed E-state index contributed by atoms with van der Waals surface area (Å²) in [5, 5.41) is 9.20. The molecule has 1 aromatic carbocycles. The molecule has 24 heavy (non-hydrogen) atoms. The first-order valence-corrected chi connectivity index (χ1v) is 8.65. The van der Waals surface area contributed by atoms with Crippen molar-refractivity contribution in [1.29, 1.82) is 0 Å². The molecule has 2 unspecified atom stereocenters. The van der Waals surface area contributed by atoms with Gasteiger partial charge >= 0.3 is 5.97 Å². The van der Waals surface area contributed by atoms with E-state index < -0.39 is 11.9 Å². The van der Waals surface area contributed by atoms with Gasteiger partial charge in [-0.1, -0.05) is 13.8 Å². The van der Waals surface area contributed by atoms with Crippen LogP contribution in [0.1, 0.15) is 50.4 Å². The highest BCUT2D eigenvalue weighted by atomic mass is 16.5. The number of carboxylic acid groups (broad SMARTS) is 1. The van der Waals surface area contributed by atoms with Gasteiger partial charge in [-0.3, -0.25) is 9.59 Å². The second kappa shape index (κ2) is 8.18. The Morgan fingerprint density at radius 1 is 1.25 bits per heavy atom. The molecular weight excluding hydrogens is 306 g/mol. The standard InChI is InChI=1S/C19H27NO4/c1-13(2)10-11-24-17-8-6-15(7-9-17)18(21)20-12-16(19(22)23)5-4-14(20)3/h6-9,13-14,16H,4-5,10-12H2,1-3H3,(H,22,23). The smallest absolute Gasteiger partial charge is 0.308 e. The Hall–Kier alpha value is -2.04. The zero-order chi connectivity index (χ0) is 17.7. The fourth-order valence-corrected chi connectivity index (χ4v) is 2.86. The van der Waals surface area contributed by atoms with Gasteiger partial charge in [0.25, 0.3) is 5.91 Å². The number of carbonyl (C=O) groups excluding carboxylic acids is 1. The van der Waals surface area contributed by atoms with E-state index in [9.17, 15) is 14.7 Å². The molecule has 1 saturated heterocycles. The summed E-state index contributed by atoms with van der Waals surface area (Å²) in [7, 11) is 0. The van der Waals surface area contributed by atoms with E-state index in [1.54, 1.807) is 29.2 Å². The van der Waals surface area contributed by atoms with E-state index in [0.717, 1.165) is 18.6 Å². The summed E-state index contributed by atoms with van der Waals surface area (Å²) in [6.45, 7) is 7.21. The second-order valence-electron chi connectivity index (χ2n) is 6.97. The van der Waals surface area contributed by atoms with Crippen LogP contribution in [-0.2, 0) is 4.79 Å². The maximum absolute atomic E-state index is 12.7. The van der Waals surface area contributed by atoms with Crippen LogP contribution in [-0.4, -0.2) is 41.1 Å². The van der Waals surface area contributed by atoms with Crippen molar-refractivity contribution in [2.45, 2.75) is 46.1 Å². The van der Waals surface area contributed by atoms with Crippen LogP contribution in [0.2, 0.25) is 0 Å². The molecule has 1 aliphatic heterocycles. The molecule has 1 amide bonds. The van der Waals surface area contributed by atoms with Gasteiger partial charge in [-0.15, -0.1) is 0 Å². The van der Waals surface area contributed by atoms with Crippen LogP contribution >= 0.6 is 0 Å². The molecule has 5 nitrogen and oxygen atoms in total. The number of likely N-dealkylation sites (tertiary alicyclic amines) is 1. The van der Waals surface area contributed by atoms with E-state index in [2.05, 4.69) is 13.8 Å². The van der Waals surface area contributed by atoms with Crippen molar-refractivity contribution in [2.75, 3.05) is 13.2 Å². The number of hydrogen-bond acceptors (Lipinski definition) is 3. The minimum atomic E-state index is -0.825. The molecule has 1 N–H and O–H groups in total. The maximum atomic E-state index is 12.7. The number of carboxylic acids is 1. The van der Waals surface area contributed by atoms with E-state index in [1.807, 2.05) is 6.92 Å². The number of amides is 1. The molecule has 5 heteroatoms. The third-order valence-corrected chi connectivity index (χ3v) is 4.56. The summed E-state index contributed by atoms with van der Waals surface area (Å²) in [6.07, 6.45) is 2.34. The van der Waals surface area contributed by atoms with Crippen molar-refractivity contribution in [3.63, 3.8) is 0 Å². The lowest BCUT2D eigenvalue weighted by molar-refractivity contribution is -0.143. The summed E-state index contributed by atoms with van der Waals surface area (Å²) in [6, 6.07) is 7.18. The van der Waals surface area contributed by atoms with Crippen molar-refractivity contribution < 1.29 is 19.4 Å². The molecule has 132 valence electrons. The highest BCUT2D eigenvalue weighted by Gasteiger charge is 2.32. The van der Waals surface area contributed by atoms with Crippen LogP contribution in [0, 0.1) is 11.8 Å². The quantitative estimate of drug-likeness (QED) is 0.866. The Morgan fingerprint density at radius 3 is 2.50 bits per heavy atom. The molecule has 0 aliphatic carbocycles. The first kappa shape index (κ1) is 18.3. The normalized spacial score (nSPS) is 20.9. The molecule has 2 rings (SSSR count). The Balaban J connectivity index is 1.99. The summed E-state index contributed by atoms with van der Waals surface area (Å²) in [5.74, 6) is -0.0597. The van der Waals surface area contributed by atoms with Crippen LogP contribution in [0.5, 0.6) is 5.75 Å². The number of rotatable bonds is 6. The number of carbonyl (C=O) groups is 2. The summed E-state index contributed by atoms with van der Waals surface area (Å²) in [4.78, 5) is 25.6. The Bertz CT molecular complexity index is 567.